The van der Waals surface area contributed by atoms with E-state index in [-0.39, 0.29) is 17.9 Å². The second-order valence-corrected chi connectivity index (χ2v) is 5.06. The normalized spacial score (nSPS) is 11.3. The first-order chi connectivity index (χ1) is 9.28. The van der Waals surface area contributed by atoms with Crippen LogP contribution in [0.3, 0.4) is 0 Å². The zero-order chi connectivity index (χ0) is 15.3. The Hall–Kier alpha value is -1.31. The van der Waals surface area contributed by atoms with Crippen molar-refractivity contribution in [3.63, 3.8) is 0 Å². The number of rotatable bonds is 5. The quantitative estimate of drug-likeness (QED) is 0.883. The van der Waals surface area contributed by atoms with Gasteiger partial charge in [0, 0.05) is 24.3 Å². The Balaban J connectivity index is 3.08. The van der Waals surface area contributed by atoms with E-state index in [0.717, 1.165) is 4.90 Å². The summed E-state index contributed by atoms with van der Waals surface area (Å²) in [4.78, 5) is 17.0. The number of nitrogens with one attached hydrogen (secondary N) is 1. The third kappa shape index (κ3) is 4.66. The van der Waals surface area contributed by atoms with E-state index in [4.69, 9.17) is 0 Å². The maximum atomic E-state index is 12.5. The molecule has 0 aliphatic heterocycles. The first kappa shape index (κ1) is 16.7. The molecular weight excluding hydrogens is 339 g/mol. The van der Waals surface area contributed by atoms with Crippen molar-refractivity contribution >= 4 is 27.7 Å². The van der Waals surface area contributed by atoms with Crippen LogP contribution >= 0.6 is 15.9 Å². The number of aromatic nitrogens is 1. The molecule has 4 nitrogen and oxygen atoms in total. The van der Waals surface area contributed by atoms with E-state index in [9.17, 15) is 18.0 Å². The third-order valence-corrected chi connectivity index (χ3v) is 2.91. The van der Waals surface area contributed by atoms with Gasteiger partial charge in [0.25, 0.3) is 5.91 Å². The maximum Gasteiger partial charge on any atom is 0.406 e. The van der Waals surface area contributed by atoms with Crippen LogP contribution in [0, 0.1) is 0 Å². The number of anilines is 1. The molecule has 0 saturated carbocycles. The van der Waals surface area contributed by atoms with Crippen molar-refractivity contribution in [2.24, 2.45) is 0 Å². The highest BCUT2D eigenvalue weighted by molar-refractivity contribution is 9.10. The summed E-state index contributed by atoms with van der Waals surface area (Å²) in [5.41, 5.74) is 0.111. The van der Waals surface area contributed by atoms with Crippen LogP contribution in [0.25, 0.3) is 0 Å². The van der Waals surface area contributed by atoms with Gasteiger partial charge >= 0.3 is 6.18 Å². The number of nitrogens with zero attached hydrogens (tertiary/aromatic N) is 2. The first-order valence-electron chi connectivity index (χ1n) is 5.97. The van der Waals surface area contributed by atoms with Gasteiger partial charge in [0.15, 0.2) is 0 Å². The molecule has 1 N–H and O–H groups in total. The average molecular weight is 354 g/mol. The summed E-state index contributed by atoms with van der Waals surface area (Å²) in [6.07, 6.45) is -2.52. The molecule has 20 heavy (non-hydrogen) atoms. The van der Waals surface area contributed by atoms with Crippen molar-refractivity contribution < 1.29 is 18.0 Å². The fraction of sp³-hybridized carbons (Fsp3) is 0.500. The minimum Gasteiger partial charge on any atom is -0.372 e. The van der Waals surface area contributed by atoms with Gasteiger partial charge in [-0.1, -0.05) is 6.92 Å². The molecule has 1 amide bonds. The van der Waals surface area contributed by atoms with Gasteiger partial charge in [0.05, 0.1) is 5.56 Å². The van der Waals surface area contributed by atoms with Crippen molar-refractivity contribution in [3.8, 4) is 0 Å². The van der Waals surface area contributed by atoms with Crippen LogP contribution in [0.2, 0.25) is 0 Å². The van der Waals surface area contributed by atoms with Gasteiger partial charge in [-0.2, -0.15) is 13.2 Å². The minimum atomic E-state index is -4.43. The summed E-state index contributed by atoms with van der Waals surface area (Å²) in [6.45, 7) is 0.484. The van der Waals surface area contributed by atoms with Gasteiger partial charge in [0.1, 0.15) is 12.4 Å². The predicted octanol–water partition coefficient (Wildman–Crippen LogP) is 3.30. The van der Waals surface area contributed by atoms with E-state index >= 15 is 0 Å². The highest BCUT2D eigenvalue weighted by Gasteiger charge is 2.33. The summed E-state index contributed by atoms with van der Waals surface area (Å²) in [5, 5.41) is 2.70. The van der Waals surface area contributed by atoms with Crippen LogP contribution in [-0.2, 0) is 0 Å². The first-order valence-corrected chi connectivity index (χ1v) is 6.77. The molecule has 0 saturated heterocycles. The van der Waals surface area contributed by atoms with E-state index in [1.54, 1.807) is 14.0 Å². The Morgan fingerprint density at radius 3 is 2.65 bits per heavy atom. The average Bonchev–Trinajstić information content (AvgIpc) is 2.36. The maximum absolute atomic E-state index is 12.5. The molecule has 1 aromatic rings. The molecule has 0 aromatic carbocycles. The van der Waals surface area contributed by atoms with Crippen molar-refractivity contribution in [3.05, 3.63) is 22.3 Å². The SMILES string of the molecule is CCCN(CC(F)(F)F)C(=O)c1cc(Br)cnc1NC. The van der Waals surface area contributed by atoms with Crippen LogP contribution < -0.4 is 5.32 Å². The van der Waals surface area contributed by atoms with Crippen molar-refractivity contribution in [1.29, 1.82) is 0 Å². The summed E-state index contributed by atoms with van der Waals surface area (Å²) < 4.78 is 38.1. The lowest BCUT2D eigenvalue weighted by Gasteiger charge is -2.24. The lowest BCUT2D eigenvalue weighted by atomic mass is 10.2. The van der Waals surface area contributed by atoms with Gasteiger partial charge in [-0.25, -0.2) is 4.98 Å². The summed E-state index contributed by atoms with van der Waals surface area (Å²) in [5.74, 6) is -0.441. The number of hydrogen-bond donors (Lipinski definition) is 1. The standard InChI is InChI=1S/C12H15BrF3N3O/c1-3-4-19(7-12(14,15)16)11(20)9-5-8(13)6-18-10(9)17-2/h5-6H,3-4,7H2,1-2H3,(H,17,18). The molecule has 0 bridgehead atoms. The Kier molecular flexibility index (Phi) is 5.79. The van der Waals surface area contributed by atoms with E-state index in [1.807, 2.05) is 0 Å². The van der Waals surface area contributed by atoms with Crippen molar-refractivity contribution in [2.75, 3.05) is 25.5 Å². The lowest BCUT2D eigenvalue weighted by molar-refractivity contribution is -0.140. The highest BCUT2D eigenvalue weighted by atomic mass is 79.9. The smallest absolute Gasteiger partial charge is 0.372 e. The van der Waals surface area contributed by atoms with Gasteiger partial charge < -0.3 is 10.2 Å². The minimum absolute atomic E-state index is 0.0357. The molecule has 1 heterocycles. The molecule has 0 fully saturated rings. The molecule has 0 aliphatic rings. The second kappa shape index (κ2) is 6.92. The summed E-state index contributed by atoms with van der Waals surface area (Å²) in [7, 11) is 1.56. The molecule has 0 aliphatic carbocycles. The molecule has 1 aromatic heterocycles. The van der Waals surface area contributed by atoms with Crippen molar-refractivity contribution in [2.45, 2.75) is 19.5 Å². The number of hydrogen-bond acceptors (Lipinski definition) is 3. The van der Waals surface area contributed by atoms with Gasteiger partial charge in [-0.3, -0.25) is 4.79 Å². The molecule has 0 spiro atoms. The zero-order valence-electron chi connectivity index (χ0n) is 11.1. The summed E-state index contributed by atoms with van der Waals surface area (Å²) >= 11 is 3.16. The molecule has 0 atom stereocenters. The molecule has 0 radical (unpaired) electrons. The number of amides is 1. The van der Waals surface area contributed by atoms with Crippen LogP contribution in [0.4, 0.5) is 19.0 Å². The number of pyridine rings is 1. The highest BCUT2D eigenvalue weighted by Crippen LogP contribution is 2.22. The molecular formula is C12H15BrF3N3O. The molecule has 1 rings (SSSR count). The Labute approximate surface area is 123 Å². The van der Waals surface area contributed by atoms with Crippen molar-refractivity contribution in [1.82, 2.24) is 9.88 Å². The van der Waals surface area contributed by atoms with Crippen LogP contribution in [0.1, 0.15) is 23.7 Å². The van der Waals surface area contributed by atoms with E-state index in [0.29, 0.717) is 10.9 Å². The fourth-order valence-corrected chi connectivity index (χ4v) is 2.04. The van der Waals surface area contributed by atoms with E-state index < -0.39 is 18.6 Å². The Bertz CT molecular complexity index is 480. The van der Waals surface area contributed by atoms with Crippen LogP contribution in [0.15, 0.2) is 16.7 Å². The Morgan fingerprint density at radius 2 is 2.15 bits per heavy atom. The number of carbonyl (C=O) groups excluding carboxylic acids is 1. The summed E-state index contributed by atoms with van der Waals surface area (Å²) in [6, 6.07) is 1.46. The third-order valence-electron chi connectivity index (χ3n) is 2.47. The fourth-order valence-electron chi connectivity index (χ4n) is 1.71. The molecule has 8 heteroatoms. The monoisotopic (exact) mass is 353 g/mol. The zero-order valence-corrected chi connectivity index (χ0v) is 12.7. The Morgan fingerprint density at radius 1 is 1.50 bits per heavy atom. The van der Waals surface area contributed by atoms with Gasteiger partial charge in [-0.05, 0) is 28.4 Å². The predicted molar refractivity (Wildman–Crippen MR) is 73.7 cm³/mol. The van der Waals surface area contributed by atoms with E-state index in [1.165, 1.54) is 12.3 Å². The number of alkyl halides is 3. The van der Waals surface area contributed by atoms with Gasteiger partial charge in [-0.15, -0.1) is 0 Å². The lowest BCUT2D eigenvalue weighted by Crippen LogP contribution is -2.39. The van der Waals surface area contributed by atoms with E-state index in [2.05, 4.69) is 26.2 Å². The second-order valence-electron chi connectivity index (χ2n) is 4.14. The van der Waals surface area contributed by atoms with Crippen LogP contribution in [0.5, 0.6) is 0 Å². The number of halogens is 4. The van der Waals surface area contributed by atoms with Gasteiger partial charge in [0.2, 0.25) is 0 Å². The number of carbonyl (C=O) groups is 1. The topological polar surface area (TPSA) is 45.2 Å². The largest absolute Gasteiger partial charge is 0.406 e. The molecule has 0 unspecified atom stereocenters. The molecule has 112 valence electrons. The van der Waals surface area contributed by atoms with Crippen LogP contribution in [-0.4, -0.2) is 42.1 Å².